The average Bonchev–Trinajstić information content (AvgIpc) is 3.28. The third-order valence-corrected chi connectivity index (χ3v) is 5.67. The molecule has 8 nitrogen and oxygen atoms in total. The summed E-state index contributed by atoms with van der Waals surface area (Å²) >= 11 is 0. The Morgan fingerprint density at radius 3 is 2.31 bits per heavy atom. The van der Waals surface area contributed by atoms with E-state index in [0.29, 0.717) is 17.1 Å². The number of hydrogen-bond acceptors (Lipinski definition) is 6. The lowest BCUT2D eigenvalue weighted by Crippen LogP contribution is -2.21. The maximum atomic E-state index is 11.8. The van der Waals surface area contributed by atoms with Crippen LogP contribution in [0.25, 0.3) is 22.6 Å². The van der Waals surface area contributed by atoms with Crippen molar-refractivity contribution in [1.29, 1.82) is 0 Å². The number of carbonyl (C=O) groups is 1. The maximum Gasteiger partial charge on any atom is 0.490 e. The van der Waals surface area contributed by atoms with Crippen LogP contribution in [0.4, 0.5) is 13.2 Å². The zero-order valence-corrected chi connectivity index (χ0v) is 19.0. The molecule has 4 aromatic rings. The second-order valence-electron chi connectivity index (χ2n) is 7.33. The van der Waals surface area contributed by atoms with Crippen molar-refractivity contribution in [3.8, 4) is 22.6 Å². The molecule has 0 aliphatic rings. The van der Waals surface area contributed by atoms with Gasteiger partial charge in [-0.25, -0.2) is 18.2 Å². The monoisotopic (exact) mass is 504 g/mol. The fraction of sp³-hybridized carbons (Fsp3) is 0.130. The minimum absolute atomic E-state index is 0.187. The molecular formula is C23H19F3N4O4S. The molecule has 3 aromatic heterocycles. The van der Waals surface area contributed by atoms with Crippen molar-refractivity contribution in [2.24, 2.45) is 0 Å². The van der Waals surface area contributed by atoms with Gasteiger partial charge in [0.15, 0.2) is 15.7 Å². The van der Waals surface area contributed by atoms with Gasteiger partial charge < -0.3 is 10.1 Å². The van der Waals surface area contributed by atoms with Crippen molar-refractivity contribution in [2.45, 2.75) is 17.5 Å². The molecule has 0 bridgehead atoms. The summed E-state index contributed by atoms with van der Waals surface area (Å²) in [5, 5.41) is 7.12. The number of hydrogen-bond donors (Lipinski definition) is 2. The van der Waals surface area contributed by atoms with Crippen LogP contribution in [-0.2, 0) is 21.1 Å². The van der Waals surface area contributed by atoms with Gasteiger partial charge in [0, 0.05) is 48.7 Å². The highest BCUT2D eigenvalue weighted by molar-refractivity contribution is 7.90. The van der Waals surface area contributed by atoms with Gasteiger partial charge in [-0.1, -0.05) is 30.3 Å². The van der Waals surface area contributed by atoms with E-state index in [1.807, 2.05) is 36.5 Å². The molecule has 0 radical (unpaired) electrons. The molecule has 0 unspecified atom stereocenters. The Kier molecular flexibility index (Phi) is 7.65. The second-order valence-corrected chi connectivity index (χ2v) is 9.35. The van der Waals surface area contributed by atoms with Gasteiger partial charge in [-0.2, -0.15) is 13.2 Å². The van der Waals surface area contributed by atoms with Crippen molar-refractivity contribution in [2.75, 3.05) is 6.26 Å². The summed E-state index contributed by atoms with van der Waals surface area (Å²) in [6.07, 6.45) is 3.32. The smallest absolute Gasteiger partial charge is 0.475 e. The van der Waals surface area contributed by atoms with Crippen LogP contribution in [0.15, 0.2) is 78.2 Å². The SMILES string of the molecule is CS(=O)(=O)c1cncc(-c2ccnc(-c3ncc(Cc4ccccc4)[nH]3)c2)c1.O=C(O)C(F)(F)F. The van der Waals surface area contributed by atoms with Crippen LogP contribution in [-0.4, -0.2) is 51.9 Å². The summed E-state index contributed by atoms with van der Waals surface area (Å²) in [5.74, 6) is -2.09. The molecule has 182 valence electrons. The minimum atomic E-state index is -5.08. The molecule has 0 aliphatic carbocycles. The largest absolute Gasteiger partial charge is 0.490 e. The first-order valence-electron chi connectivity index (χ1n) is 9.93. The third-order valence-electron chi connectivity index (χ3n) is 4.59. The highest BCUT2D eigenvalue weighted by Crippen LogP contribution is 2.25. The van der Waals surface area contributed by atoms with Crippen LogP contribution < -0.4 is 0 Å². The Labute approximate surface area is 198 Å². The van der Waals surface area contributed by atoms with E-state index in [1.165, 1.54) is 18.0 Å². The zero-order chi connectivity index (χ0) is 25.6. The fourth-order valence-corrected chi connectivity index (χ4v) is 3.51. The number of alkyl halides is 3. The quantitative estimate of drug-likeness (QED) is 0.418. The van der Waals surface area contributed by atoms with E-state index >= 15 is 0 Å². The highest BCUT2D eigenvalue weighted by Gasteiger charge is 2.38. The van der Waals surface area contributed by atoms with Gasteiger partial charge in [-0.3, -0.25) is 9.97 Å². The average molecular weight is 504 g/mol. The Balaban J connectivity index is 0.000000429. The van der Waals surface area contributed by atoms with Gasteiger partial charge in [-0.05, 0) is 29.3 Å². The van der Waals surface area contributed by atoms with Crippen molar-refractivity contribution in [3.63, 3.8) is 0 Å². The van der Waals surface area contributed by atoms with Gasteiger partial charge in [0.05, 0.1) is 4.90 Å². The van der Waals surface area contributed by atoms with Crippen LogP contribution in [0.1, 0.15) is 11.3 Å². The Bertz CT molecular complexity index is 1420. The third kappa shape index (κ3) is 7.21. The number of benzene rings is 1. The molecule has 0 amide bonds. The van der Waals surface area contributed by atoms with E-state index in [1.54, 1.807) is 18.5 Å². The van der Waals surface area contributed by atoms with E-state index in [2.05, 4.69) is 32.1 Å². The number of nitrogens with one attached hydrogen (secondary N) is 1. The summed E-state index contributed by atoms with van der Waals surface area (Å²) in [5.41, 5.74) is 4.41. The molecule has 3 heterocycles. The van der Waals surface area contributed by atoms with Crippen molar-refractivity contribution in [1.82, 2.24) is 19.9 Å². The predicted molar refractivity (Wildman–Crippen MR) is 121 cm³/mol. The number of rotatable bonds is 5. The van der Waals surface area contributed by atoms with E-state index in [4.69, 9.17) is 9.90 Å². The van der Waals surface area contributed by atoms with Crippen molar-refractivity contribution >= 4 is 15.8 Å². The Hall–Kier alpha value is -4.06. The summed E-state index contributed by atoms with van der Waals surface area (Å²) < 4.78 is 55.3. The van der Waals surface area contributed by atoms with Gasteiger partial charge in [0.25, 0.3) is 0 Å². The standard InChI is InChI=1S/C21H18N4O2S.C2HF3O2/c1-28(26,27)19-10-17(12-22-14-19)16-7-8-23-20(11-16)21-24-13-18(25-21)9-15-5-3-2-4-6-15;3-2(4,5)1(6)7/h2-8,10-14H,9H2,1H3,(H,24,25);(H,6,7). The first-order chi connectivity index (χ1) is 16.4. The molecule has 0 saturated carbocycles. The first kappa shape index (κ1) is 25.6. The first-order valence-corrected chi connectivity index (χ1v) is 11.8. The van der Waals surface area contributed by atoms with Gasteiger partial charge in [0.1, 0.15) is 5.69 Å². The molecule has 12 heteroatoms. The molecular weight excluding hydrogens is 485 g/mol. The number of carboxylic acids is 1. The summed E-state index contributed by atoms with van der Waals surface area (Å²) in [6, 6.07) is 15.5. The number of nitrogens with zero attached hydrogens (tertiary/aromatic N) is 3. The van der Waals surface area contributed by atoms with Crippen LogP contribution >= 0.6 is 0 Å². The van der Waals surface area contributed by atoms with E-state index < -0.39 is 22.0 Å². The normalized spacial score (nSPS) is 11.4. The van der Waals surface area contributed by atoms with Gasteiger partial charge in [0.2, 0.25) is 0 Å². The van der Waals surface area contributed by atoms with Crippen LogP contribution in [0, 0.1) is 0 Å². The Morgan fingerprint density at radius 2 is 1.69 bits per heavy atom. The lowest BCUT2D eigenvalue weighted by atomic mass is 10.1. The minimum Gasteiger partial charge on any atom is -0.475 e. The van der Waals surface area contributed by atoms with E-state index in [9.17, 15) is 21.6 Å². The summed E-state index contributed by atoms with van der Waals surface area (Å²) in [6.45, 7) is 0. The maximum absolute atomic E-state index is 11.8. The predicted octanol–water partition coefficient (Wildman–Crippen LogP) is 4.16. The number of imidazole rings is 1. The van der Waals surface area contributed by atoms with Crippen molar-refractivity contribution < 1.29 is 31.5 Å². The molecule has 0 spiro atoms. The molecule has 4 rings (SSSR count). The second kappa shape index (κ2) is 10.5. The molecule has 0 fully saturated rings. The number of aromatic nitrogens is 4. The molecule has 2 N–H and O–H groups in total. The highest BCUT2D eigenvalue weighted by atomic mass is 32.2. The van der Waals surface area contributed by atoms with E-state index in [0.717, 1.165) is 17.7 Å². The number of aliphatic carboxylic acids is 1. The Morgan fingerprint density at radius 1 is 1.00 bits per heavy atom. The molecule has 0 atom stereocenters. The summed E-state index contributed by atoms with van der Waals surface area (Å²) in [4.78, 5) is 25.3. The number of H-pyrrole nitrogens is 1. The molecule has 0 saturated heterocycles. The lowest BCUT2D eigenvalue weighted by Gasteiger charge is -2.05. The van der Waals surface area contributed by atoms with Crippen LogP contribution in [0.2, 0.25) is 0 Å². The van der Waals surface area contributed by atoms with E-state index in [-0.39, 0.29) is 4.90 Å². The zero-order valence-electron chi connectivity index (χ0n) is 18.2. The summed E-state index contributed by atoms with van der Waals surface area (Å²) in [7, 11) is -3.32. The van der Waals surface area contributed by atoms with Crippen molar-refractivity contribution in [3.05, 3.63) is 84.6 Å². The van der Waals surface area contributed by atoms with Gasteiger partial charge >= 0.3 is 12.1 Å². The number of aromatic amines is 1. The van der Waals surface area contributed by atoms with Gasteiger partial charge in [-0.15, -0.1) is 0 Å². The number of pyridine rings is 2. The fourth-order valence-electron chi connectivity index (χ4n) is 2.91. The van der Waals surface area contributed by atoms with Crippen LogP contribution in [0.3, 0.4) is 0 Å². The molecule has 35 heavy (non-hydrogen) atoms. The number of carboxylic acid groups (broad SMARTS) is 1. The van der Waals surface area contributed by atoms with Crippen LogP contribution in [0.5, 0.6) is 0 Å². The number of halogens is 3. The molecule has 1 aromatic carbocycles. The topological polar surface area (TPSA) is 126 Å². The lowest BCUT2D eigenvalue weighted by molar-refractivity contribution is -0.192. The number of sulfone groups is 1. The molecule has 0 aliphatic heterocycles.